The first-order valence-electron chi connectivity index (χ1n) is 8.21. The van der Waals surface area contributed by atoms with Gasteiger partial charge in [-0.1, -0.05) is 11.6 Å². The van der Waals surface area contributed by atoms with Crippen LogP contribution in [0.5, 0.6) is 0 Å². The third kappa shape index (κ3) is 4.43. The van der Waals surface area contributed by atoms with E-state index in [1.54, 1.807) is 0 Å². The van der Waals surface area contributed by atoms with E-state index in [4.69, 9.17) is 11.6 Å². The number of benzene rings is 1. The topological polar surface area (TPSA) is 90.1 Å². The Hall–Kier alpha value is -1.66. The summed E-state index contributed by atoms with van der Waals surface area (Å²) < 4.78 is 41.1. The first-order valence-corrected chi connectivity index (χ1v) is 10.2. The molecule has 1 atom stereocenters. The predicted molar refractivity (Wildman–Crippen MR) is 106 cm³/mol. The van der Waals surface area contributed by atoms with Crippen LogP contribution in [-0.2, 0) is 11.0 Å². The normalized spacial score (nSPS) is 15.3. The number of aromatic nitrogens is 2. The van der Waals surface area contributed by atoms with Crippen molar-refractivity contribution < 1.29 is 22.9 Å². The summed E-state index contributed by atoms with van der Waals surface area (Å²) in [5, 5.41) is 16.6. The molecule has 1 aliphatic carbocycles. The van der Waals surface area contributed by atoms with Gasteiger partial charge in [0.2, 0.25) is 5.91 Å². The smallest absolute Gasteiger partial charge is 0.322 e. The van der Waals surface area contributed by atoms with Gasteiger partial charge in [-0.2, -0.15) is 18.3 Å². The molecule has 3 rings (SSSR count). The van der Waals surface area contributed by atoms with Crippen LogP contribution in [0.15, 0.2) is 21.1 Å². The summed E-state index contributed by atoms with van der Waals surface area (Å²) in [4.78, 5) is 23.0. The lowest BCUT2D eigenvalue weighted by molar-refractivity contribution is -0.385. The molecule has 2 aromatic rings. The highest BCUT2D eigenvalue weighted by Crippen LogP contribution is 2.47. The molecule has 0 saturated heterocycles. The number of amides is 1. The van der Waals surface area contributed by atoms with E-state index in [-0.39, 0.29) is 31.9 Å². The summed E-state index contributed by atoms with van der Waals surface area (Å²) in [6, 6.07) is 1.30. The van der Waals surface area contributed by atoms with Crippen molar-refractivity contribution in [3.63, 3.8) is 0 Å². The van der Waals surface area contributed by atoms with Gasteiger partial charge in [-0.25, -0.2) is 0 Å². The maximum absolute atomic E-state index is 13.2. The van der Waals surface area contributed by atoms with Crippen LogP contribution in [0.25, 0.3) is 0 Å². The standard InChI is InChI=1S/C16H12Br2ClF3N4O3/c1-6(15(27)23-12-9(17)4-8(26(28)29)5-10(12)18)25-13(7-2-3-7)11(19)14(24-25)16(20,21)22/h4-7H,2-3H2,1H3,(H,23,27). The molecule has 7 nitrogen and oxygen atoms in total. The fraction of sp³-hybridized carbons (Fsp3) is 0.375. The van der Waals surface area contributed by atoms with Gasteiger partial charge in [0.15, 0.2) is 5.69 Å². The average Bonchev–Trinajstić information content (AvgIpc) is 3.38. The van der Waals surface area contributed by atoms with E-state index in [2.05, 4.69) is 42.3 Å². The lowest BCUT2D eigenvalue weighted by Crippen LogP contribution is -2.26. The van der Waals surface area contributed by atoms with Crippen molar-refractivity contribution in [2.24, 2.45) is 0 Å². The zero-order valence-corrected chi connectivity index (χ0v) is 18.5. The van der Waals surface area contributed by atoms with Crippen LogP contribution >= 0.6 is 43.5 Å². The number of carbonyl (C=O) groups excluding carboxylic acids is 1. The van der Waals surface area contributed by atoms with E-state index in [0.717, 1.165) is 4.68 Å². The average molecular weight is 561 g/mol. The number of nitrogens with one attached hydrogen (secondary N) is 1. The van der Waals surface area contributed by atoms with Crippen molar-refractivity contribution in [1.82, 2.24) is 9.78 Å². The minimum absolute atomic E-state index is 0.181. The van der Waals surface area contributed by atoms with Crippen molar-refractivity contribution in [2.75, 3.05) is 5.32 Å². The van der Waals surface area contributed by atoms with Crippen LogP contribution in [-0.4, -0.2) is 20.6 Å². The largest absolute Gasteiger partial charge is 0.436 e. The van der Waals surface area contributed by atoms with Crippen LogP contribution in [0, 0.1) is 10.1 Å². The Morgan fingerprint density at radius 2 is 1.93 bits per heavy atom. The quantitative estimate of drug-likeness (QED) is 0.355. The Balaban J connectivity index is 1.93. The van der Waals surface area contributed by atoms with Gasteiger partial charge in [-0.3, -0.25) is 19.6 Å². The Morgan fingerprint density at radius 3 is 2.38 bits per heavy atom. The number of anilines is 1. The summed E-state index contributed by atoms with van der Waals surface area (Å²) in [6.45, 7) is 1.40. The Bertz CT molecular complexity index is 985. The van der Waals surface area contributed by atoms with Gasteiger partial charge in [0, 0.05) is 27.0 Å². The van der Waals surface area contributed by atoms with E-state index in [0.29, 0.717) is 12.8 Å². The SMILES string of the molecule is CC(C(=O)Nc1c(Br)cc([N+](=O)[O-])cc1Br)n1nc(C(F)(F)F)c(Cl)c1C1CC1. The van der Waals surface area contributed by atoms with Gasteiger partial charge in [0.05, 0.1) is 21.3 Å². The summed E-state index contributed by atoms with van der Waals surface area (Å²) in [5.41, 5.74) is -1.05. The number of rotatable bonds is 5. The maximum atomic E-state index is 13.2. The summed E-state index contributed by atoms with van der Waals surface area (Å²) >= 11 is 12.2. The van der Waals surface area contributed by atoms with Gasteiger partial charge in [-0.15, -0.1) is 0 Å². The van der Waals surface area contributed by atoms with E-state index >= 15 is 0 Å². The molecule has 1 N–H and O–H groups in total. The monoisotopic (exact) mass is 558 g/mol. The minimum Gasteiger partial charge on any atom is -0.322 e. The molecule has 0 radical (unpaired) electrons. The summed E-state index contributed by atoms with van der Waals surface area (Å²) in [6.07, 6.45) is -3.42. The third-order valence-corrected chi connectivity index (χ3v) is 5.98. The molecule has 1 aliphatic rings. The van der Waals surface area contributed by atoms with Crippen molar-refractivity contribution in [3.05, 3.63) is 47.6 Å². The molecule has 1 heterocycles. The molecular weight excluding hydrogens is 548 g/mol. The second-order valence-corrected chi connectivity index (χ2v) is 8.56. The number of halogens is 6. The van der Waals surface area contributed by atoms with Crippen molar-refractivity contribution in [3.8, 4) is 0 Å². The number of alkyl halides is 3. The Kier molecular flexibility index (Phi) is 5.98. The zero-order chi connectivity index (χ0) is 21.7. The number of hydrogen-bond acceptors (Lipinski definition) is 4. The van der Waals surface area contributed by atoms with E-state index < -0.39 is 33.8 Å². The summed E-state index contributed by atoms with van der Waals surface area (Å²) in [7, 11) is 0. The molecule has 1 fully saturated rings. The predicted octanol–water partition coefficient (Wildman–Crippen LogP) is 6.07. The molecule has 1 unspecified atom stereocenters. The Morgan fingerprint density at radius 1 is 1.38 bits per heavy atom. The first kappa shape index (κ1) is 22.0. The van der Waals surface area contributed by atoms with Crippen molar-refractivity contribution in [1.29, 1.82) is 0 Å². The molecule has 0 bridgehead atoms. The molecule has 0 spiro atoms. The van der Waals surface area contributed by atoms with Crippen LogP contribution < -0.4 is 5.32 Å². The van der Waals surface area contributed by atoms with E-state index in [9.17, 15) is 28.1 Å². The lowest BCUT2D eigenvalue weighted by Gasteiger charge is -2.17. The molecular formula is C16H12Br2ClF3N4O3. The molecule has 1 saturated carbocycles. The van der Waals surface area contributed by atoms with Crippen molar-refractivity contribution in [2.45, 2.75) is 37.9 Å². The maximum Gasteiger partial charge on any atom is 0.436 e. The van der Waals surface area contributed by atoms with Crippen LogP contribution in [0.4, 0.5) is 24.5 Å². The fourth-order valence-electron chi connectivity index (χ4n) is 2.75. The minimum atomic E-state index is -4.74. The Labute approximate surface area is 184 Å². The second-order valence-electron chi connectivity index (χ2n) is 6.47. The number of non-ortho nitro benzene ring substituents is 1. The molecule has 0 aliphatic heterocycles. The van der Waals surface area contributed by atoms with Gasteiger partial charge in [-0.05, 0) is 51.6 Å². The number of nitrogens with zero attached hydrogens (tertiary/aromatic N) is 3. The highest BCUT2D eigenvalue weighted by atomic mass is 79.9. The van der Waals surface area contributed by atoms with Crippen LogP contribution in [0.2, 0.25) is 5.02 Å². The van der Waals surface area contributed by atoms with Gasteiger partial charge in [0.25, 0.3) is 5.69 Å². The molecule has 1 aromatic carbocycles. The number of carbonyl (C=O) groups is 1. The molecule has 156 valence electrons. The van der Waals surface area contributed by atoms with E-state index in [1.165, 1.54) is 19.1 Å². The number of hydrogen-bond donors (Lipinski definition) is 1. The van der Waals surface area contributed by atoms with Crippen molar-refractivity contribution >= 4 is 60.7 Å². The molecule has 1 amide bonds. The van der Waals surface area contributed by atoms with E-state index in [1.807, 2.05) is 0 Å². The summed E-state index contributed by atoms with van der Waals surface area (Å²) in [5.74, 6) is -0.839. The third-order valence-electron chi connectivity index (χ3n) is 4.35. The number of nitro benzene ring substituents is 1. The van der Waals surface area contributed by atoms with Crippen LogP contribution in [0.3, 0.4) is 0 Å². The fourth-order valence-corrected chi connectivity index (χ4v) is 4.50. The van der Waals surface area contributed by atoms with Gasteiger partial charge >= 0.3 is 6.18 Å². The molecule has 13 heteroatoms. The first-order chi connectivity index (χ1) is 13.4. The lowest BCUT2D eigenvalue weighted by atomic mass is 10.2. The van der Waals surface area contributed by atoms with Gasteiger partial charge < -0.3 is 5.32 Å². The number of nitro groups is 1. The molecule has 29 heavy (non-hydrogen) atoms. The van der Waals surface area contributed by atoms with Gasteiger partial charge in [0.1, 0.15) is 6.04 Å². The highest BCUT2D eigenvalue weighted by Gasteiger charge is 2.43. The van der Waals surface area contributed by atoms with Crippen LogP contribution in [0.1, 0.15) is 43.1 Å². The molecule has 1 aromatic heterocycles. The highest BCUT2D eigenvalue weighted by molar-refractivity contribution is 9.11. The zero-order valence-electron chi connectivity index (χ0n) is 14.6. The second kappa shape index (κ2) is 7.88.